The van der Waals surface area contributed by atoms with Crippen molar-refractivity contribution < 1.29 is 9.72 Å². The van der Waals surface area contributed by atoms with Crippen LogP contribution in [-0.4, -0.2) is 39.4 Å². The summed E-state index contributed by atoms with van der Waals surface area (Å²) in [6, 6.07) is 9.76. The summed E-state index contributed by atoms with van der Waals surface area (Å²) in [7, 11) is 0. The predicted molar refractivity (Wildman–Crippen MR) is 108 cm³/mol. The summed E-state index contributed by atoms with van der Waals surface area (Å²) in [5, 5.41) is 14.6. The number of nitrogens with zero attached hydrogens (tertiary/aromatic N) is 3. The van der Waals surface area contributed by atoms with Crippen LogP contribution >= 0.6 is 0 Å². The maximum atomic E-state index is 12.9. The van der Waals surface area contributed by atoms with Gasteiger partial charge in [0.2, 0.25) is 0 Å². The normalized spacial score (nSPS) is 17.6. The molecule has 7 heteroatoms. The van der Waals surface area contributed by atoms with Gasteiger partial charge < -0.3 is 14.8 Å². The molecule has 1 saturated heterocycles. The minimum atomic E-state index is -0.411. The summed E-state index contributed by atoms with van der Waals surface area (Å²) in [6.07, 6.45) is 3.86. The van der Waals surface area contributed by atoms with Crippen LogP contribution in [-0.2, 0) is 0 Å². The number of likely N-dealkylation sites (tertiary alicyclic amines) is 1. The lowest BCUT2D eigenvalue weighted by Gasteiger charge is -2.34. The van der Waals surface area contributed by atoms with Crippen molar-refractivity contribution in [3.63, 3.8) is 0 Å². The number of carbonyl (C=O) groups excluding carboxylic acids is 1. The van der Waals surface area contributed by atoms with Crippen molar-refractivity contribution in [3.05, 3.63) is 57.4 Å². The summed E-state index contributed by atoms with van der Waals surface area (Å²) < 4.78 is 2.35. The standard InChI is InChI=1S/C21H26N4O3/c1-14-3-4-15(2)24(14)18-9-11-23(12-10-18)21(26)16-5-8-19(22-17-6-7-17)20(13-16)25(27)28/h3-5,8,13,17-18,22H,6-7,9-12H2,1-2H3. The van der Waals surface area contributed by atoms with Gasteiger partial charge in [0.05, 0.1) is 4.92 Å². The van der Waals surface area contributed by atoms with Gasteiger partial charge in [-0.15, -0.1) is 0 Å². The lowest BCUT2D eigenvalue weighted by molar-refractivity contribution is -0.384. The van der Waals surface area contributed by atoms with Gasteiger partial charge in [0, 0.05) is 48.2 Å². The minimum absolute atomic E-state index is 0.0220. The smallest absolute Gasteiger partial charge is 0.293 e. The fraction of sp³-hybridized carbons (Fsp3) is 0.476. The van der Waals surface area contributed by atoms with Gasteiger partial charge in [-0.2, -0.15) is 0 Å². The Kier molecular flexibility index (Phi) is 4.83. The summed E-state index contributed by atoms with van der Waals surface area (Å²) in [4.78, 5) is 25.8. The first-order valence-corrected chi connectivity index (χ1v) is 9.92. The molecule has 0 spiro atoms. The fourth-order valence-electron chi connectivity index (χ4n) is 4.15. The molecule has 1 aliphatic carbocycles. The Balaban J connectivity index is 1.46. The van der Waals surface area contributed by atoms with Crippen LogP contribution in [0, 0.1) is 24.0 Å². The number of hydrogen-bond donors (Lipinski definition) is 1. The van der Waals surface area contributed by atoms with Crippen molar-refractivity contribution in [1.82, 2.24) is 9.47 Å². The number of piperidine rings is 1. The number of amides is 1. The van der Waals surface area contributed by atoms with Gasteiger partial charge in [0.25, 0.3) is 11.6 Å². The summed E-state index contributed by atoms with van der Waals surface area (Å²) in [6.45, 7) is 5.55. The van der Waals surface area contributed by atoms with Gasteiger partial charge in [0.15, 0.2) is 0 Å². The molecule has 1 amide bonds. The number of nitrogens with one attached hydrogen (secondary N) is 1. The summed E-state index contributed by atoms with van der Waals surface area (Å²) >= 11 is 0. The molecule has 0 radical (unpaired) electrons. The second-order valence-corrected chi connectivity index (χ2v) is 7.92. The summed E-state index contributed by atoms with van der Waals surface area (Å²) in [5.41, 5.74) is 3.36. The fourth-order valence-corrected chi connectivity index (χ4v) is 4.15. The zero-order chi connectivity index (χ0) is 19.8. The number of benzene rings is 1. The third-order valence-corrected chi connectivity index (χ3v) is 5.82. The van der Waals surface area contributed by atoms with Crippen molar-refractivity contribution in [2.45, 2.75) is 51.6 Å². The molecule has 4 rings (SSSR count). The lowest BCUT2D eigenvalue weighted by atomic mass is 10.0. The van der Waals surface area contributed by atoms with Crippen molar-refractivity contribution in [3.8, 4) is 0 Å². The number of nitro groups is 1. The van der Waals surface area contributed by atoms with Gasteiger partial charge in [-0.3, -0.25) is 14.9 Å². The third-order valence-electron chi connectivity index (χ3n) is 5.82. The van der Waals surface area contributed by atoms with Crippen molar-refractivity contribution in [2.24, 2.45) is 0 Å². The molecule has 1 aromatic heterocycles. The topological polar surface area (TPSA) is 80.4 Å². The molecule has 0 unspecified atom stereocenters. The molecule has 2 heterocycles. The second kappa shape index (κ2) is 7.30. The van der Waals surface area contributed by atoms with E-state index in [1.165, 1.54) is 17.5 Å². The monoisotopic (exact) mass is 382 g/mol. The van der Waals surface area contributed by atoms with Crippen LogP contribution in [0.5, 0.6) is 0 Å². The Morgan fingerprint density at radius 2 is 1.71 bits per heavy atom. The van der Waals surface area contributed by atoms with Gasteiger partial charge >= 0.3 is 0 Å². The average Bonchev–Trinajstić information content (AvgIpc) is 3.44. The predicted octanol–water partition coefficient (Wildman–Crippen LogP) is 4.06. The molecule has 0 bridgehead atoms. The van der Waals surface area contributed by atoms with E-state index in [2.05, 4.69) is 35.9 Å². The van der Waals surface area contributed by atoms with Gasteiger partial charge in [-0.05, 0) is 63.8 Å². The Morgan fingerprint density at radius 1 is 1.07 bits per heavy atom. The number of nitro benzene ring substituents is 1. The highest BCUT2D eigenvalue weighted by Crippen LogP contribution is 2.32. The number of anilines is 1. The quantitative estimate of drug-likeness (QED) is 0.624. The van der Waals surface area contributed by atoms with E-state index in [1.54, 1.807) is 12.1 Å². The first-order valence-electron chi connectivity index (χ1n) is 9.92. The highest BCUT2D eigenvalue weighted by Gasteiger charge is 2.28. The SMILES string of the molecule is Cc1ccc(C)n1C1CCN(C(=O)c2ccc(NC3CC3)c([N+](=O)[O-])c2)CC1. The van der Waals surface area contributed by atoms with E-state index in [0.717, 1.165) is 25.7 Å². The van der Waals surface area contributed by atoms with Crippen LogP contribution in [0.1, 0.15) is 53.5 Å². The molecule has 1 aromatic carbocycles. The molecule has 2 fully saturated rings. The van der Waals surface area contributed by atoms with E-state index in [9.17, 15) is 14.9 Å². The average molecular weight is 382 g/mol. The highest BCUT2D eigenvalue weighted by atomic mass is 16.6. The number of aromatic nitrogens is 1. The molecule has 28 heavy (non-hydrogen) atoms. The maximum absolute atomic E-state index is 12.9. The third kappa shape index (κ3) is 3.61. The molecular weight excluding hydrogens is 356 g/mol. The highest BCUT2D eigenvalue weighted by molar-refractivity contribution is 5.95. The molecule has 7 nitrogen and oxygen atoms in total. The second-order valence-electron chi connectivity index (χ2n) is 7.92. The van der Waals surface area contributed by atoms with Crippen LogP contribution in [0.15, 0.2) is 30.3 Å². The van der Waals surface area contributed by atoms with E-state index in [0.29, 0.717) is 36.4 Å². The number of hydrogen-bond acceptors (Lipinski definition) is 4. The zero-order valence-corrected chi connectivity index (χ0v) is 16.4. The Labute approximate surface area is 164 Å². The van der Waals surface area contributed by atoms with E-state index in [-0.39, 0.29) is 11.6 Å². The van der Waals surface area contributed by atoms with Crippen LogP contribution in [0.25, 0.3) is 0 Å². The van der Waals surface area contributed by atoms with Crippen molar-refractivity contribution in [1.29, 1.82) is 0 Å². The molecule has 148 valence electrons. The van der Waals surface area contributed by atoms with Gasteiger partial charge in [-0.25, -0.2) is 0 Å². The van der Waals surface area contributed by atoms with E-state index < -0.39 is 4.92 Å². The van der Waals surface area contributed by atoms with Gasteiger partial charge in [0.1, 0.15) is 5.69 Å². The van der Waals surface area contributed by atoms with Crippen LogP contribution < -0.4 is 5.32 Å². The molecule has 1 saturated carbocycles. The van der Waals surface area contributed by atoms with Crippen LogP contribution in [0.3, 0.4) is 0 Å². The molecular formula is C21H26N4O3. The molecule has 0 atom stereocenters. The van der Waals surface area contributed by atoms with E-state index in [1.807, 2.05) is 4.90 Å². The number of carbonyl (C=O) groups is 1. The maximum Gasteiger partial charge on any atom is 0.293 e. The number of rotatable bonds is 5. The Bertz CT molecular complexity index is 889. The van der Waals surface area contributed by atoms with Crippen LogP contribution in [0.2, 0.25) is 0 Å². The Hall–Kier alpha value is -2.83. The largest absolute Gasteiger partial charge is 0.377 e. The van der Waals surface area contributed by atoms with Crippen molar-refractivity contribution >= 4 is 17.3 Å². The zero-order valence-electron chi connectivity index (χ0n) is 16.4. The first kappa shape index (κ1) is 18.5. The van der Waals surface area contributed by atoms with Crippen LogP contribution in [0.4, 0.5) is 11.4 Å². The summed E-state index contributed by atoms with van der Waals surface area (Å²) in [5.74, 6) is -0.125. The van der Waals surface area contributed by atoms with E-state index >= 15 is 0 Å². The van der Waals surface area contributed by atoms with Gasteiger partial charge in [-0.1, -0.05) is 0 Å². The minimum Gasteiger partial charge on any atom is -0.377 e. The number of aryl methyl sites for hydroxylation is 2. The lowest BCUT2D eigenvalue weighted by Crippen LogP contribution is -2.39. The molecule has 2 aromatic rings. The first-order chi connectivity index (χ1) is 13.4. The molecule has 2 aliphatic rings. The van der Waals surface area contributed by atoms with Crippen molar-refractivity contribution in [2.75, 3.05) is 18.4 Å². The molecule has 1 aliphatic heterocycles. The Morgan fingerprint density at radius 3 is 2.29 bits per heavy atom. The molecule has 1 N–H and O–H groups in total. The van der Waals surface area contributed by atoms with E-state index in [4.69, 9.17) is 0 Å².